The van der Waals surface area contributed by atoms with Crippen LogP contribution in [0.4, 0.5) is 0 Å². The Labute approximate surface area is 275 Å². The molecule has 45 heavy (non-hydrogen) atoms. The summed E-state index contributed by atoms with van der Waals surface area (Å²) in [7, 11) is -1.30. The SMILES string of the molecule is COc1c(C)c2c(c(O)c1C/C=C(\C)CCC(=O)OCCN1CCOCC1)C(=O)OC2.O=P1(N(CCCl)CCCl)NCCCO1. The lowest BCUT2D eigenvalue weighted by atomic mass is 9.94. The van der Waals surface area contributed by atoms with E-state index in [0.717, 1.165) is 57.0 Å². The van der Waals surface area contributed by atoms with Crippen LogP contribution in [0, 0.1) is 6.92 Å². The van der Waals surface area contributed by atoms with Crippen molar-refractivity contribution in [3.63, 3.8) is 0 Å². The molecule has 0 aromatic heterocycles. The highest BCUT2D eigenvalue weighted by Gasteiger charge is 2.33. The molecule has 1 atom stereocenters. The summed E-state index contributed by atoms with van der Waals surface area (Å²) in [5.41, 5.74) is 3.23. The number of ether oxygens (including phenoxy) is 4. The van der Waals surface area contributed by atoms with Crippen LogP contribution < -0.4 is 9.82 Å². The van der Waals surface area contributed by atoms with Gasteiger partial charge in [-0.1, -0.05) is 11.6 Å². The molecule has 0 spiro atoms. The van der Waals surface area contributed by atoms with Gasteiger partial charge in [0.05, 0.1) is 26.9 Å². The smallest absolute Gasteiger partial charge is 0.343 e. The fraction of sp³-hybridized carbons (Fsp3) is 0.667. The minimum absolute atomic E-state index is 0.0912. The molecule has 2 N–H and O–H groups in total. The third-order valence-corrected chi connectivity index (χ3v) is 10.4. The van der Waals surface area contributed by atoms with Gasteiger partial charge in [-0.15, -0.1) is 23.2 Å². The topological polar surface area (TPSA) is 136 Å². The third kappa shape index (κ3) is 10.8. The molecule has 2 fully saturated rings. The van der Waals surface area contributed by atoms with Crippen molar-refractivity contribution in [2.45, 2.75) is 46.1 Å². The number of methoxy groups -OCH3 is 1. The maximum atomic E-state index is 12.2. The minimum atomic E-state index is -2.84. The molecular formula is C30H46Cl2N3O9P. The molecule has 0 amide bonds. The number of esters is 2. The number of rotatable bonds is 14. The van der Waals surface area contributed by atoms with Crippen molar-refractivity contribution >= 4 is 42.8 Å². The molecule has 0 bridgehead atoms. The fourth-order valence-electron chi connectivity index (χ4n) is 5.17. The van der Waals surface area contributed by atoms with Crippen molar-refractivity contribution in [1.29, 1.82) is 0 Å². The first-order valence-electron chi connectivity index (χ1n) is 15.2. The summed E-state index contributed by atoms with van der Waals surface area (Å²) < 4.78 is 40.4. The van der Waals surface area contributed by atoms with Gasteiger partial charge in [0.15, 0.2) is 0 Å². The Bertz CT molecular complexity index is 1210. The number of alkyl halides is 2. The van der Waals surface area contributed by atoms with Gasteiger partial charge in [0.2, 0.25) is 0 Å². The minimum Gasteiger partial charge on any atom is -0.507 e. The predicted molar refractivity (Wildman–Crippen MR) is 173 cm³/mol. The number of morpholine rings is 1. The molecular weight excluding hydrogens is 648 g/mol. The number of carbonyl (C=O) groups is 2. The van der Waals surface area contributed by atoms with Crippen LogP contribution in [0.1, 0.15) is 53.2 Å². The number of hydrogen-bond donors (Lipinski definition) is 2. The molecule has 0 radical (unpaired) electrons. The van der Waals surface area contributed by atoms with E-state index >= 15 is 0 Å². The zero-order valence-electron chi connectivity index (χ0n) is 26.4. The highest BCUT2D eigenvalue weighted by molar-refractivity contribution is 7.54. The highest BCUT2D eigenvalue weighted by Crippen LogP contribution is 2.48. The van der Waals surface area contributed by atoms with Crippen LogP contribution in [0.15, 0.2) is 11.6 Å². The van der Waals surface area contributed by atoms with Gasteiger partial charge in [0.25, 0.3) is 0 Å². The van der Waals surface area contributed by atoms with Crippen molar-refractivity contribution in [2.24, 2.45) is 0 Å². The molecule has 2 saturated heterocycles. The van der Waals surface area contributed by atoms with Crippen molar-refractivity contribution in [3.05, 3.63) is 33.9 Å². The van der Waals surface area contributed by atoms with E-state index in [-0.39, 0.29) is 23.9 Å². The monoisotopic (exact) mass is 693 g/mol. The number of nitrogens with one attached hydrogen (secondary N) is 1. The molecule has 1 aromatic carbocycles. The number of hydrogen-bond acceptors (Lipinski definition) is 10. The van der Waals surface area contributed by atoms with E-state index in [1.807, 2.05) is 19.9 Å². The van der Waals surface area contributed by atoms with Gasteiger partial charge in [0, 0.05) is 68.6 Å². The van der Waals surface area contributed by atoms with E-state index in [9.17, 15) is 19.3 Å². The van der Waals surface area contributed by atoms with Crippen molar-refractivity contribution in [2.75, 3.05) is 84.6 Å². The van der Waals surface area contributed by atoms with Crippen LogP contribution in [0.5, 0.6) is 11.5 Å². The van der Waals surface area contributed by atoms with Gasteiger partial charge >= 0.3 is 19.6 Å². The number of nitrogens with zero attached hydrogens (tertiary/aromatic N) is 2. The average Bonchev–Trinajstić information content (AvgIpc) is 3.44. The maximum absolute atomic E-state index is 12.2. The number of phenols is 1. The summed E-state index contributed by atoms with van der Waals surface area (Å²) >= 11 is 11.2. The van der Waals surface area contributed by atoms with Crippen molar-refractivity contribution in [3.8, 4) is 11.5 Å². The number of cyclic esters (lactones) is 1. The second-order valence-electron chi connectivity index (χ2n) is 10.8. The first-order chi connectivity index (χ1) is 21.6. The van der Waals surface area contributed by atoms with Gasteiger partial charge < -0.3 is 28.6 Å². The van der Waals surface area contributed by atoms with Gasteiger partial charge in [-0.25, -0.2) is 14.6 Å². The van der Waals surface area contributed by atoms with Crippen LogP contribution in [-0.4, -0.2) is 111 Å². The number of phenolic OH excluding ortho intramolecular Hbond substituents is 1. The Hall–Kier alpha value is -1.89. The van der Waals surface area contributed by atoms with Crippen LogP contribution in [0.3, 0.4) is 0 Å². The number of allylic oxidation sites excluding steroid dienone is 2. The van der Waals surface area contributed by atoms with Gasteiger partial charge in [-0.05, 0) is 38.7 Å². The number of fused-ring (bicyclic) bond motifs is 1. The van der Waals surface area contributed by atoms with E-state index in [4.69, 9.17) is 46.7 Å². The van der Waals surface area contributed by atoms with Crippen LogP contribution in [0.25, 0.3) is 0 Å². The summed E-state index contributed by atoms with van der Waals surface area (Å²) in [6.45, 7) is 10.5. The quantitative estimate of drug-likeness (QED) is 0.124. The van der Waals surface area contributed by atoms with Gasteiger partial charge in [-0.3, -0.25) is 14.3 Å². The van der Waals surface area contributed by atoms with E-state index in [0.29, 0.717) is 74.2 Å². The van der Waals surface area contributed by atoms with E-state index in [2.05, 4.69) is 9.99 Å². The summed E-state index contributed by atoms with van der Waals surface area (Å²) in [4.78, 5) is 26.2. The lowest BCUT2D eigenvalue weighted by Crippen LogP contribution is -2.38. The standard InChI is InChI=1S/C23H31NO7.C7H15Cl2N2O2P/c1-15(5-7-19(25)30-13-10-24-8-11-29-12-9-24)4-6-17-21(26)20-18(14-31-23(20)27)16(2)22(17)28-3;8-2-5-11(6-3-9)14(12)10-4-1-7-13-14/h4,26H,5-14H2,1-3H3;1-7H2,(H,10,12)/b15-4+;. The molecule has 1 unspecified atom stereocenters. The molecule has 12 nitrogen and oxygen atoms in total. The molecule has 3 aliphatic rings. The van der Waals surface area contributed by atoms with Crippen LogP contribution in [-0.2, 0) is 41.1 Å². The lowest BCUT2D eigenvalue weighted by molar-refractivity contribution is -0.144. The summed E-state index contributed by atoms with van der Waals surface area (Å²) in [6, 6.07) is 0. The van der Waals surface area contributed by atoms with Gasteiger partial charge in [-0.2, -0.15) is 0 Å². The van der Waals surface area contributed by atoms with E-state index in [1.54, 1.807) is 11.8 Å². The molecule has 4 rings (SSSR count). The number of benzene rings is 1. The first kappa shape index (κ1) is 37.6. The third-order valence-electron chi connectivity index (χ3n) is 7.76. The normalized spacial score (nSPS) is 20.3. The largest absolute Gasteiger partial charge is 0.507 e. The number of carbonyl (C=O) groups excluding carboxylic acids is 2. The van der Waals surface area contributed by atoms with Crippen molar-refractivity contribution < 1.29 is 42.7 Å². The van der Waals surface area contributed by atoms with E-state index in [1.165, 1.54) is 0 Å². The van der Waals surface area contributed by atoms with Crippen LogP contribution in [0.2, 0.25) is 0 Å². The average molecular weight is 695 g/mol. The van der Waals surface area contributed by atoms with Crippen molar-refractivity contribution in [1.82, 2.24) is 14.7 Å². The zero-order chi connectivity index (χ0) is 32.8. The Morgan fingerprint density at radius 1 is 1.18 bits per heavy atom. The Kier molecular flexibility index (Phi) is 15.9. The second kappa shape index (κ2) is 19.1. The number of aromatic hydroxyl groups is 1. The molecule has 3 heterocycles. The molecule has 0 saturated carbocycles. The first-order valence-corrected chi connectivity index (χ1v) is 17.9. The molecule has 254 valence electrons. The highest BCUT2D eigenvalue weighted by atomic mass is 35.5. The summed E-state index contributed by atoms with van der Waals surface area (Å²) in [6.07, 6.45) is 4.06. The zero-order valence-corrected chi connectivity index (χ0v) is 28.8. The molecule has 3 aliphatic heterocycles. The number of halogens is 2. The molecule has 1 aromatic rings. The summed E-state index contributed by atoms with van der Waals surface area (Å²) in [5, 5.41) is 13.6. The fourth-order valence-corrected chi connectivity index (χ4v) is 7.81. The van der Waals surface area contributed by atoms with E-state index < -0.39 is 13.6 Å². The Balaban J connectivity index is 0.000000330. The molecule has 15 heteroatoms. The Morgan fingerprint density at radius 2 is 1.89 bits per heavy atom. The summed E-state index contributed by atoms with van der Waals surface area (Å²) in [5.74, 6) is 0.572. The Morgan fingerprint density at radius 3 is 2.51 bits per heavy atom. The van der Waals surface area contributed by atoms with Gasteiger partial charge in [0.1, 0.15) is 30.3 Å². The maximum Gasteiger partial charge on any atom is 0.343 e. The predicted octanol–water partition coefficient (Wildman–Crippen LogP) is 4.41. The second-order valence-corrected chi connectivity index (χ2v) is 13.7. The lowest BCUT2D eigenvalue weighted by Gasteiger charge is -2.33. The van der Waals surface area contributed by atoms with Crippen LogP contribution >= 0.6 is 30.9 Å². The molecule has 0 aliphatic carbocycles.